The molecule has 0 radical (unpaired) electrons. The average molecular weight is 488 g/mol. The molecule has 1 aromatic heterocycles. The van der Waals surface area contributed by atoms with Crippen LogP contribution < -0.4 is 0 Å². The number of amides is 1. The Morgan fingerprint density at radius 1 is 1.24 bits per heavy atom. The summed E-state index contributed by atoms with van der Waals surface area (Å²) in [6, 6.07) is 7.13. The van der Waals surface area contributed by atoms with Crippen LogP contribution in [0.1, 0.15) is 62.0 Å². The third-order valence-corrected chi connectivity index (χ3v) is 7.00. The molecule has 0 N–H and O–H groups in total. The first-order chi connectivity index (χ1) is 16.1. The Balaban J connectivity index is 1.72. The quantitative estimate of drug-likeness (QED) is 0.516. The van der Waals surface area contributed by atoms with E-state index in [0.29, 0.717) is 29.3 Å². The smallest absolute Gasteiger partial charge is 0.310 e. The molecule has 1 heterocycles. The number of esters is 1. The maximum absolute atomic E-state index is 13.2. The van der Waals surface area contributed by atoms with Crippen molar-refractivity contribution in [1.82, 2.24) is 14.7 Å². The van der Waals surface area contributed by atoms with E-state index in [4.69, 9.17) is 16.3 Å². The molecule has 3 rings (SSSR count). The largest absolute Gasteiger partial charge is 0.455 e. The maximum Gasteiger partial charge on any atom is 0.310 e. The first kappa shape index (κ1) is 25.9. The number of carbonyl (C=O) groups is 3. The van der Waals surface area contributed by atoms with Gasteiger partial charge in [0.05, 0.1) is 12.1 Å². The van der Waals surface area contributed by atoms with Crippen LogP contribution in [-0.2, 0) is 37.6 Å². The number of Topliss-reactive ketones (excluding diaryl/α,β-unsaturated/α-hetero) is 1. The molecule has 34 heavy (non-hydrogen) atoms. The number of hydrogen-bond acceptors (Lipinski definition) is 5. The van der Waals surface area contributed by atoms with Gasteiger partial charge in [0.25, 0.3) is 5.91 Å². The average Bonchev–Trinajstić information content (AvgIpc) is 3.04. The summed E-state index contributed by atoms with van der Waals surface area (Å²) in [4.78, 5) is 40.3. The second-order valence-electron chi connectivity index (χ2n) is 9.49. The van der Waals surface area contributed by atoms with Crippen molar-refractivity contribution in [1.29, 1.82) is 0 Å². The van der Waals surface area contributed by atoms with Gasteiger partial charge in [-0.15, -0.1) is 0 Å². The van der Waals surface area contributed by atoms with Gasteiger partial charge in [0.15, 0.2) is 12.4 Å². The van der Waals surface area contributed by atoms with Gasteiger partial charge in [-0.25, -0.2) is 0 Å². The van der Waals surface area contributed by atoms with Crippen molar-refractivity contribution in [3.8, 4) is 0 Å². The van der Waals surface area contributed by atoms with Crippen LogP contribution in [-0.4, -0.2) is 46.0 Å². The van der Waals surface area contributed by atoms with Crippen molar-refractivity contribution in [3.05, 3.63) is 51.8 Å². The molecule has 0 aliphatic heterocycles. The Kier molecular flexibility index (Phi) is 8.18. The minimum absolute atomic E-state index is 0.0430. The first-order valence-electron chi connectivity index (χ1n) is 11.8. The van der Waals surface area contributed by atoms with E-state index >= 15 is 0 Å². The molecular formula is C26H34ClN3O4. The molecule has 0 spiro atoms. The second-order valence-corrected chi connectivity index (χ2v) is 9.89. The summed E-state index contributed by atoms with van der Waals surface area (Å²) in [6.45, 7) is 8.35. The highest BCUT2D eigenvalue weighted by atomic mass is 35.5. The fourth-order valence-corrected chi connectivity index (χ4v) is 5.08. The van der Waals surface area contributed by atoms with E-state index in [1.54, 1.807) is 25.2 Å². The molecule has 7 nitrogen and oxygen atoms in total. The number of halogens is 1. The number of aryl methyl sites for hydroxylation is 1. The highest BCUT2D eigenvalue weighted by Crippen LogP contribution is 2.42. The van der Waals surface area contributed by atoms with Crippen LogP contribution in [0.3, 0.4) is 0 Å². The van der Waals surface area contributed by atoms with Crippen LogP contribution in [0, 0.1) is 19.8 Å². The molecule has 8 heteroatoms. The van der Waals surface area contributed by atoms with E-state index in [0.717, 1.165) is 36.3 Å². The van der Waals surface area contributed by atoms with Crippen LogP contribution in [0.2, 0.25) is 5.02 Å². The standard InChI is InChI=1S/C26H34ClN3O4/c1-17(2)15-30-19(4)20(18(3)28-30)14-25(33)34-16-24(32)29(5)26(13-9-8-12-23(26)31)21-10-6-7-11-22(21)27/h6-7,10-11,17H,8-9,12-16H2,1-5H3. The van der Waals surface area contributed by atoms with Gasteiger partial charge < -0.3 is 9.64 Å². The third-order valence-electron chi connectivity index (χ3n) is 6.67. The molecular weight excluding hydrogens is 454 g/mol. The molecule has 1 saturated carbocycles. The number of nitrogens with zero attached hydrogens (tertiary/aromatic N) is 3. The van der Waals surface area contributed by atoms with Gasteiger partial charge in [0, 0.05) is 41.9 Å². The number of likely N-dealkylation sites (N-methyl/N-ethyl adjacent to an activating group) is 1. The van der Waals surface area contributed by atoms with E-state index in [2.05, 4.69) is 18.9 Å². The molecule has 0 bridgehead atoms. The topological polar surface area (TPSA) is 81.5 Å². The maximum atomic E-state index is 13.2. The summed E-state index contributed by atoms with van der Waals surface area (Å²) in [6.07, 6.45) is 2.49. The molecule has 1 atom stereocenters. The van der Waals surface area contributed by atoms with Crippen molar-refractivity contribution in [2.45, 2.75) is 71.9 Å². The first-order valence-corrected chi connectivity index (χ1v) is 12.2. The van der Waals surface area contributed by atoms with Crippen LogP contribution in [0.4, 0.5) is 0 Å². The minimum atomic E-state index is -1.15. The van der Waals surface area contributed by atoms with E-state index < -0.39 is 24.0 Å². The lowest BCUT2D eigenvalue weighted by atomic mass is 9.74. The monoisotopic (exact) mass is 487 g/mol. The predicted octanol–water partition coefficient (Wildman–Crippen LogP) is 4.39. The van der Waals surface area contributed by atoms with Gasteiger partial charge in [-0.1, -0.05) is 43.6 Å². The van der Waals surface area contributed by atoms with E-state index in [9.17, 15) is 14.4 Å². The number of ketones is 1. The summed E-state index contributed by atoms with van der Waals surface area (Å²) < 4.78 is 7.26. The fourth-order valence-electron chi connectivity index (χ4n) is 4.79. The van der Waals surface area contributed by atoms with Gasteiger partial charge in [0.2, 0.25) is 0 Å². The van der Waals surface area contributed by atoms with Crippen molar-refractivity contribution >= 4 is 29.3 Å². The van der Waals surface area contributed by atoms with Crippen LogP contribution in [0.15, 0.2) is 24.3 Å². The molecule has 1 unspecified atom stereocenters. The molecule has 2 aromatic rings. The molecule has 1 fully saturated rings. The number of hydrogen-bond donors (Lipinski definition) is 0. The lowest BCUT2D eigenvalue weighted by Gasteiger charge is -2.43. The van der Waals surface area contributed by atoms with Gasteiger partial charge in [-0.2, -0.15) is 5.10 Å². The highest BCUT2D eigenvalue weighted by molar-refractivity contribution is 6.31. The Labute approximate surface area is 206 Å². The van der Waals surface area contributed by atoms with Gasteiger partial charge in [-0.3, -0.25) is 19.1 Å². The van der Waals surface area contributed by atoms with Gasteiger partial charge >= 0.3 is 5.97 Å². The third kappa shape index (κ3) is 5.19. The minimum Gasteiger partial charge on any atom is -0.455 e. The Morgan fingerprint density at radius 2 is 1.94 bits per heavy atom. The van der Waals surface area contributed by atoms with Gasteiger partial charge in [-0.05, 0) is 45.1 Å². The van der Waals surface area contributed by atoms with Crippen LogP contribution >= 0.6 is 11.6 Å². The Morgan fingerprint density at radius 3 is 2.59 bits per heavy atom. The Hall–Kier alpha value is -2.67. The lowest BCUT2D eigenvalue weighted by Crippen LogP contribution is -2.55. The predicted molar refractivity (Wildman–Crippen MR) is 131 cm³/mol. The molecule has 1 aromatic carbocycles. The fraction of sp³-hybridized carbons (Fsp3) is 0.538. The molecule has 184 valence electrons. The zero-order chi connectivity index (χ0) is 25.0. The summed E-state index contributed by atoms with van der Waals surface area (Å²) in [5.41, 5.74) is 2.00. The molecule has 1 aliphatic rings. The summed E-state index contributed by atoms with van der Waals surface area (Å²) >= 11 is 6.46. The number of rotatable bonds is 8. The van der Waals surface area contributed by atoms with E-state index in [1.165, 1.54) is 4.90 Å². The van der Waals surface area contributed by atoms with Crippen molar-refractivity contribution in [2.24, 2.45) is 5.92 Å². The van der Waals surface area contributed by atoms with Gasteiger partial charge in [0.1, 0.15) is 5.54 Å². The SMILES string of the molecule is Cc1nn(CC(C)C)c(C)c1CC(=O)OCC(=O)N(C)C1(c2ccccc2Cl)CCCCC1=O. The van der Waals surface area contributed by atoms with Crippen LogP contribution in [0.25, 0.3) is 0 Å². The van der Waals surface area contributed by atoms with E-state index in [1.807, 2.05) is 24.6 Å². The zero-order valence-electron chi connectivity index (χ0n) is 20.7. The normalized spacial score (nSPS) is 18.3. The summed E-state index contributed by atoms with van der Waals surface area (Å²) in [7, 11) is 1.59. The highest BCUT2D eigenvalue weighted by Gasteiger charge is 2.48. The van der Waals surface area contributed by atoms with Crippen molar-refractivity contribution < 1.29 is 19.1 Å². The molecule has 1 amide bonds. The summed E-state index contributed by atoms with van der Waals surface area (Å²) in [5, 5.41) is 4.97. The van der Waals surface area contributed by atoms with Crippen LogP contribution in [0.5, 0.6) is 0 Å². The number of carbonyl (C=O) groups excluding carboxylic acids is 3. The lowest BCUT2D eigenvalue weighted by molar-refractivity contribution is -0.157. The Bertz CT molecular complexity index is 1080. The van der Waals surface area contributed by atoms with Crippen molar-refractivity contribution in [3.63, 3.8) is 0 Å². The van der Waals surface area contributed by atoms with Crippen molar-refractivity contribution in [2.75, 3.05) is 13.7 Å². The summed E-state index contributed by atoms with van der Waals surface area (Å²) in [5.74, 6) is -0.553. The molecule has 1 aliphatic carbocycles. The zero-order valence-corrected chi connectivity index (χ0v) is 21.4. The number of benzene rings is 1. The number of ether oxygens (including phenoxy) is 1. The number of aromatic nitrogens is 2. The molecule has 0 saturated heterocycles. The van der Waals surface area contributed by atoms with E-state index in [-0.39, 0.29) is 12.2 Å². The second kappa shape index (κ2) is 10.7.